The largest absolute Gasteiger partial charge is 0.444 e. The maximum atomic E-state index is 12.2. The lowest BCUT2D eigenvalue weighted by atomic mass is 9.87. The minimum atomic E-state index is -0.464. The zero-order valence-corrected chi connectivity index (χ0v) is 13.1. The third-order valence-electron chi connectivity index (χ3n) is 3.97. The first-order valence-corrected chi connectivity index (χ1v) is 7.15. The summed E-state index contributed by atoms with van der Waals surface area (Å²) in [6.45, 7) is 11.5. The molecule has 2 unspecified atom stereocenters. The van der Waals surface area contributed by atoms with E-state index in [1.807, 2.05) is 27.7 Å². The Morgan fingerprint density at radius 3 is 2.65 bits per heavy atom. The van der Waals surface area contributed by atoms with Crippen molar-refractivity contribution in [1.82, 2.24) is 4.90 Å². The lowest BCUT2D eigenvalue weighted by Gasteiger charge is -2.26. The summed E-state index contributed by atoms with van der Waals surface area (Å²) >= 11 is 0. The smallest absolute Gasteiger partial charge is 0.410 e. The number of dihydropyridines is 1. The van der Waals surface area contributed by atoms with E-state index >= 15 is 0 Å². The molecule has 0 aromatic heterocycles. The Hall–Kier alpha value is -1.36. The van der Waals surface area contributed by atoms with Crippen molar-refractivity contribution in [2.45, 2.75) is 46.3 Å². The molecule has 20 heavy (non-hydrogen) atoms. The monoisotopic (exact) mass is 279 g/mol. The molecule has 2 N–H and O–H groups in total. The summed E-state index contributed by atoms with van der Waals surface area (Å²) in [6, 6.07) is 0.0844. The van der Waals surface area contributed by atoms with Crippen molar-refractivity contribution < 1.29 is 9.53 Å². The Balaban J connectivity index is 2.17. The number of carbonyl (C=O) groups excluding carboxylic acids is 1. The maximum absolute atomic E-state index is 12.2. The first kappa shape index (κ1) is 15.0. The van der Waals surface area contributed by atoms with Crippen molar-refractivity contribution in [3.63, 3.8) is 0 Å². The van der Waals surface area contributed by atoms with Crippen LogP contribution in [-0.2, 0) is 4.74 Å². The number of hydrogen-bond acceptors (Lipinski definition) is 4. The molecular formula is C15H25N3O2. The third kappa shape index (κ3) is 2.87. The third-order valence-corrected chi connectivity index (χ3v) is 3.97. The molecule has 1 saturated heterocycles. The SMILES string of the molecule is CC1=NC(CN)C2CN(C(=O)OC(C)(C)C)CC2=C1C. The summed E-state index contributed by atoms with van der Waals surface area (Å²) in [6.07, 6.45) is -0.249. The molecule has 0 aliphatic carbocycles. The molecule has 5 nitrogen and oxygen atoms in total. The van der Waals surface area contributed by atoms with Crippen molar-refractivity contribution in [3.05, 3.63) is 11.1 Å². The molecule has 2 aliphatic rings. The lowest BCUT2D eigenvalue weighted by Crippen LogP contribution is -2.37. The van der Waals surface area contributed by atoms with Crippen molar-refractivity contribution in [2.24, 2.45) is 16.6 Å². The molecule has 0 bridgehead atoms. The van der Waals surface area contributed by atoms with E-state index in [1.54, 1.807) is 4.90 Å². The van der Waals surface area contributed by atoms with Crippen LogP contribution in [0.3, 0.4) is 0 Å². The molecule has 2 heterocycles. The number of hydrogen-bond donors (Lipinski definition) is 1. The fourth-order valence-corrected chi connectivity index (χ4v) is 2.84. The van der Waals surface area contributed by atoms with Gasteiger partial charge in [0.25, 0.3) is 0 Å². The molecule has 1 amide bonds. The molecule has 1 fully saturated rings. The van der Waals surface area contributed by atoms with E-state index in [2.05, 4.69) is 11.9 Å². The standard InChI is InChI=1S/C15H25N3O2/c1-9-10(2)17-13(6-16)12-8-18(7-11(9)12)14(19)20-15(3,4)5/h12-13H,6-8,16H2,1-5H3. The summed E-state index contributed by atoms with van der Waals surface area (Å²) in [5.74, 6) is 0.246. The van der Waals surface area contributed by atoms with E-state index in [0.29, 0.717) is 19.6 Å². The van der Waals surface area contributed by atoms with Gasteiger partial charge in [-0.05, 0) is 45.8 Å². The van der Waals surface area contributed by atoms with Gasteiger partial charge >= 0.3 is 6.09 Å². The van der Waals surface area contributed by atoms with Crippen LogP contribution in [0, 0.1) is 5.92 Å². The number of aliphatic imine (C=N–C) groups is 1. The summed E-state index contributed by atoms with van der Waals surface area (Å²) in [5, 5.41) is 0. The molecule has 5 heteroatoms. The lowest BCUT2D eigenvalue weighted by molar-refractivity contribution is 0.0289. The van der Waals surface area contributed by atoms with Crippen molar-refractivity contribution in [3.8, 4) is 0 Å². The molecule has 0 spiro atoms. The highest BCUT2D eigenvalue weighted by Gasteiger charge is 2.40. The van der Waals surface area contributed by atoms with Gasteiger partial charge in [0.1, 0.15) is 5.60 Å². The van der Waals surface area contributed by atoms with Gasteiger partial charge in [0.2, 0.25) is 0 Å². The number of fused-ring (bicyclic) bond motifs is 1. The zero-order valence-electron chi connectivity index (χ0n) is 13.1. The highest BCUT2D eigenvalue weighted by atomic mass is 16.6. The summed E-state index contributed by atoms with van der Waals surface area (Å²) < 4.78 is 5.45. The summed E-state index contributed by atoms with van der Waals surface area (Å²) in [7, 11) is 0. The predicted molar refractivity (Wildman–Crippen MR) is 79.9 cm³/mol. The van der Waals surface area contributed by atoms with Crippen molar-refractivity contribution >= 4 is 11.8 Å². The average Bonchev–Trinajstić information content (AvgIpc) is 2.77. The molecule has 112 valence electrons. The van der Waals surface area contributed by atoms with Gasteiger partial charge in [-0.15, -0.1) is 0 Å². The zero-order chi connectivity index (χ0) is 15.1. The van der Waals surface area contributed by atoms with Gasteiger partial charge in [-0.3, -0.25) is 4.99 Å². The number of ether oxygens (including phenoxy) is 1. The maximum Gasteiger partial charge on any atom is 0.410 e. The van der Waals surface area contributed by atoms with Gasteiger partial charge in [-0.2, -0.15) is 0 Å². The van der Waals surface area contributed by atoms with Gasteiger partial charge in [0.15, 0.2) is 0 Å². The highest BCUT2D eigenvalue weighted by Crippen LogP contribution is 2.34. The first-order chi connectivity index (χ1) is 9.23. The number of nitrogens with two attached hydrogens (primary N) is 1. The minimum Gasteiger partial charge on any atom is -0.444 e. The fourth-order valence-electron chi connectivity index (χ4n) is 2.84. The van der Waals surface area contributed by atoms with Gasteiger partial charge in [-0.25, -0.2) is 4.79 Å². The van der Waals surface area contributed by atoms with Crippen LogP contribution in [0.15, 0.2) is 16.1 Å². The van der Waals surface area contributed by atoms with Crippen LogP contribution >= 0.6 is 0 Å². The number of allylic oxidation sites excluding steroid dienone is 1. The van der Waals surface area contributed by atoms with Crippen molar-refractivity contribution in [2.75, 3.05) is 19.6 Å². The van der Waals surface area contributed by atoms with Crippen LogP contribution in [-0.4, -0.2) is 48.0 Å². The summed E-state index contributed by atoms with van der Waals surface area (Å²) in [4.78, 5) is 18.6. The minimum absolute atomic E-state index is 0.0844. The molecule has 0 saturated carbocycles. The first-order valence-electron chi connectivity index (χ1n) is 7.15. The van der Waals surface area contributed by atoms with Crippen LogP contribution in [0.5, 0.6) is 0 Å². The van der Waals surface area contributed by atoms with Crippen molar-refractivity contribution in [1.29, 1.82) is 0 Å². The Bertz CT molecular complexity index is 474. The van der Waals surface area contributed by atoms with E-state index in [0.717, 1.165) is 5.71 Å². The molecule has 2 aliphatic heterocycles. The van der Waals surface area contributed by atoms with Gasteiger partial charge in [-0.1, -0.05) is 0 Å². The molecule has 2 rings (SSSR count). The Morgan fingerprint density at radius 2 is 2.10 bits per heavy atom. The Labute approximate surface area is 120 Å². The molecule has 0 radical (unpaired) electrons. The fraction of sp³-hybridized carbons (Fsp3) is 0.733. The number of carbonyl (C=O) groups is 1. The van der Waals surface area contributed by atoms with Gasteiger partial charge in [0, 0.05) is 31.3 Å². The summed E-state index contributed by atoms with van der Waals surface area (Å²) in [5.41, 5.74) is 8.89. The van der Waals surface area contributed by atoms with Crippen LogP contribution in [0.1, 0.15) is 34.6 Å². The molecule has 0 aromatic rings. The second-order valence-electron chi connectivity index (χ2n) is 6.64. The number of likely N-dealkylation sites (tertiary alicyclic amines) is 1. The van der Waals surface area contributed by atoms with Crippen LogP contribution in [0.25, 0.3) is 0 Å². The molecular weight excluding hydrogens is 254 g/mol. The number of nitrogens with zero attached hydrogens (tertiary/aromatic N) is 2. The van der Waals surface area contributed by atoms with Crippen LogP contribution < -0.4 is 5.73 Å². The van der Waals surface area contributed by atoms with Crippen LogP contribution in [0.4, 0.5) is 4.79 Å². The second-order valence-corrected chi connectivity index (χ2v) is 6.64. The van der Waals surface area contributed by atoms with E-state index < -0.39 is 5.60 Å². The number of amides is 1. The van der Waals surface area contributed by atoms with Gasteiger partial charge in [0.05, 0.1) is 6.04 Å². The predicted octanol–water partition coefficient (Wildman–Crippen LogP) is 1.97. The van der Waals surface area contributed by atoms with Crippen LogP contribution in [0.2, 0.25) is 0 Å². The molecule has 2 atom stereocenters. The average molecular weight is 279 g/mol. The quantitative estimate of drug-likeness (QED) is 0.798. The van der Waals surface area contributed by atoms with E-state index in [-0.39, 0.29) is 18.1 Å². The highest BCUT2D eigenvalue weighted by molar-refractivity contribution is 5.99. The van der Waals surface area contributed by atoms with E-state index in [4.69, 9.17) is 10.5 Å². The normalized spacial score (nSPS) is 26.5. The van der Waals surface area contributed by atoms with Gasteiger partial charge < -0.3 is 15.4 Å². The topological polar surface area (TPSA) is 67.9 Å². The van der Waals surface area contributed by atoms with E-state index in [9.17, 15) is 4.79 Å². The Morgan fingerprint density at radius 1 is 1.45 bits per heavy atom. The van der Waals surface area contributed by atoms with E-state index in [1.165, 1.54) is 11.1 Å². The molecule has 0 aromatic carbocycles. The Kier molecular flexibility index (Phi) is 3.91. The number of rotatable bonds is 1. The second kappa shape index (κ2) is 5.20.